The van der Waals surface area contributed by atoms with E-state index in [0.717, 1.165) is 5.69 Å². The number of H-pyrrole nitrogens is 1. The Labute approximate surface area is 182 Å². The molecule has 4 rings (SSSR count). The van der Waals surface area contributed by atoms with Crippen molar-refractivity contribution in [1.82, 2.24) is 20.0 Å². The van der Waals surface area contributed by atoms with Gasteiger partial charge < -0.3 is 11.1 Å². The van der Waals surface area contributed by atoms with Crippen molar-refractivity contribution in [2.75, 3.05) is 5.32 Å². The van der Waals surface area contributed by atoms with Crippen molar-refractivity contribution in [3.8, 4) is 16.9 Å². The minimum absolute atomic E-state index is 0.0480. The third kappa shape index (κ3) is 4.31. The zero-order chi connectivity index (χ0) is 22.7. The van der Waals surface area contributed by atoms with Crippen LogP contribution in [0.2, 0.25) is 0 Å². The second-order valence-electron chi connectivity index (χ2n) is 6.98. The number of nitrogens with two attached hydrogens (primary N) is 1. The molecule has 0 radical (unpaired) electrons. The Kier molecular flexibility index (Phi) is 5.63. The largest absolute Gasteiger partial charge is 0.364 e. The van der Waals surface area contributed by atoms with Crippen LogP contribution in [-0.4, -0.2) is 31.8 Å². The van der Waals surface area contributed by atoms with Gasteiger partial charge in [-0.3, -0.25) is 14.7 Å². The average molecular weight is 430 g/mol. The standard InChI is InChI=1S/C23H19FN6O2/c1-14-20(22(23(25)32)28-27-14)26-19(31)12-9-16-13-30(18-5-3-2-4-6-18)29-21(16)15-7-10-17(24)11-8-15/h2-13H,1H3,(H2,25,32)(H,26,31)(H,27,28)/b12-9+. The Morgan fingerprint density at radius 2 is 1.84 bits per heavy atom. The Balaban J connectivity index is 1.66. The predicted molar refractivity (Wildman–Crippen MR) is 118 cm³/mol. The molecule has 2 heterocycles. The van der Waals surface area contributed by atoms with E-state index in [0.29, 0.717) is 22.5 Å². The number of para-hydroxylation sites is 1. The number of hydrogen-bond acceptors (Lipinski definition) is 4. The molecular weight excluding hydrogens is 411 g/mol. The predicted octanol–water partition coefficient (Wildman–Crippen LogP) is 3.46. The number of primary amides is 1. The summed E-state index contributed by atoms with van der Waals surface area (Å²) in [5.74, 6) is -1.58. The molecule has 0 spiro atoms. The van der Waals surface area contributed by atoms with Gasteiger partial charge in [0, 0.05) is 23.4 Å². The third-order valence-corrected chi connectivity index (χ3v) is 4.72. The molecule has 0 aliphatic heterocycles. The highest BCUT2D eigenvalue weighted by Gasteiger charge is 2.17. The van der Waals surface area contributed by atoms with Crippen LogP contribution in [0.1, 0.15) is 21.7 Å². The fourth-order valence-corrected chi connectivity index (χ4v) is 3.15. The summed E-state index contributed by atoms with van der Waals surface area (Å²) in [5.41, 5.74) is 8.73. The molecule has 160 valence electrons. The van der Waals surface area contributed by atoms with Crippen LogP contribution in [0, 0.1) is 12.7 Å². The average Bonchev–Trinajstić information content (AvgIpc) is 3.37. The molecule has 4 N–H and O–H groups in total. The molecule has 0 aliphatic carbocycles. The van der Waals surface area contributed by atoms with E-state index >= 15 is 0 Å². The molecule has 2 aromatic heterocycles. The fraction of sp³-hybridized carbons (Fsp3) is 0.0435. The number of carbonyl (C=O) groups excluding carboxylic acids is 2. The molecule has 0 unspecified atom stereocenters. The van der Waals surface area contributed by atoms with Gasteiger partial charge in [0.1, 0.15) is 5.82 Å². The number of nitrogens with one attached hydrogen (secondary N) is 2. The van der Waals surface area contributed by atoms with Gasteiger partial charge in [0.2, 0.25) is 5.91 Å². The number of hydrogen-bond donors (Lipinski definition) is 3. The molecule has 0 saturated heterocycles. The molecule has 32 heavy (non-hydrogen) atoms. The van der Waals surface area contributed by atoms with E-state index in [1.165, 1.54) is 18.2 Å². The summed E-state index contributed by atoms with van der Waals surface area (Å²) in [4.78, 5) is 24.0. The summed E-state index contributed by atoms with van der Waals surface area (Å²) in [5, 5.41) is 13.7. The Bertz CT molecular complexity index is 1310. The number of halogens is 1. The van der Waals surface area contributed by atoms with E-state index in [-0.39, 0.29) is 17.2 Å². The van der Waals surface area contributed by atoms with Crippen molar-refractivity contribution >= 4 is 23.6 Å². The molecule has 0 atom stereocenters. The van der Waals surface area contributed by atoms with Gasteiger partial charge in [-0.05, 0) is 49.4 Å². The molecule has 8 nitrogen and oxygen atoms in total. The smallest absolute Gasteiger partial charge is 0.271 e. The molecule has 9 heteroatoms. The number of rotatable bonds is 6. The lowest BCUT2D eigenvalue weighted by molar-refractivity contribution is -0.111. The summed E-state index contributed by atoms with van der Waals surface area (Å²) < 4.78 is 15.1. The lowest BCUT2D eigenvalue weighted by Crippen LogP contribution is -2.16. The third-order valence-electron chi connectivity index (χ3n) is 4.72. The Morgan fingerprint density at radius 1 is 1.12 bits per heavy atom. The number of aromatic amines is 1. The second-order valence-corrected chi connectivity index (χ2v) is 6.98. The molecule has 0 aliphatic rings. The maximum atomic E-state index is 13.4. The van der Waals surface area contributed by atoms with Crippen molar-refractivity contribution in [1.29, 1.82) is 0 Å². The monoisotopic (exact) mass is 430 g/mol. The number of carbonyl (C=O) groups is 2. The lowest BCUT2D eigenvalue weighted by Gasteiger charge is -2.02. The van der Waals surface area contributed by atoms with Gasteiger partial charge in [-0.15, -0.1) is 0 Å². The van der Waals surface area contributed by atoms with E-state index in [1.807, 2.05) is 30.3 Å². The maximum absolute atomic E-state index is 13.4. The number of anilines is 1. The first-order valence-electron chi connectivity index (χ1n) is 9.67. The summed E-state index contributed by atoms with van der Waals surface area (Å²) in [6.45, 7) is 1.66. The summed E-state index contributed by atoms with van der Waals surface area (Å²) in [7, 11) is 0. The molecule has 0 bridgehead atoms. The normalized spacial score (nSPS) is 11.1. The van der Waals surface area contributed by atoms with Gasteiger partial charge in [-0.1, -0.05) is 18.2 Å². The molecule has 0 saturated carbocycles. The van der Waals surface area contributed by atoms with Crippen LogP contribution in [-0.2, 0) is 4.79 Å². The maximum Gasteiger partial charge on any atom is 0.271 e. The number of amides is 2. The van der Waals surface area contributed by atoms with Crippen molar-refractivity contribution in [2.45, 2.75) is 6.92 Å². The number of aromatic nitrogens is 4. The molecule has 4 aromatic rings. The highest BCUT2D eigenvalue weighted by molar-refractivity contribution is 6.07. The van der Waals surface area contributed by atoms with Gasteiger partial charge in [-0.2, -0.15) is 10.2 Å². The summed E-state index contributed by atoms with van der Waals surface area (Å²) in [6.07, 6.45) is 4.69. The molecular formula is C23H19FN6O2. The highest BCUT2D eigenvalue weighted by atomic mass is 19.1. The minimum atomic E-state index is -0.753. The van der Waals surface area contributed by atoms with Gasteiger partial charge in [0.05, 0.1) is 22.8 Å². The first kappa shape index (κ1) is 20.7. The van der Waals surface area contributed by atoms with E-state index in [4.69, 9.17) is 5.73 Å². The highest BCUT2D eigenvalue weighted by Crippen LogP contribution is 2.25. The quantitative estimate of drug-likeness (QED) is 0.406. The summed E-state index contributed by atoms with van der Waals surface area (Å²) in [6, 6.07) is 15.4. The van der Waals surface area contributed by atoms with Crippen LogP contribution < -0.4 is 11.1 Å². The molecule has 0 fully saturated rings. The van der Waals surface area contributed by atoms with Crippen LogP contribution in [0.15, 0.2) is 66.9 Å². The summed E-state index contributed by atoms with van der Waals surface area (Å²) >= 11 is 0. The molecule has 2 amide bonds. The van der Waals surface area contributed by atoms with Crippen LogP contribution in [0.4, 0.5) is 10.1 Å². The number of benzene rings is 2. The van der Waals surface area contributed by atoms with E-state index in [9.17, 15) is 14.0 Å². The van der Waals surface area contributed by atoms with Crippen LogP contribution in [0.5, 0.6) is 0 Å². The van der Waals surface area contributed by atoms with E-state index in [2.05, 4.69) is 20.6 Å². The minimum Gasteiger partial charge on any atom is -0.364 e. The van der Waals surface area contributed by atoms with Gasteiger partial charge >= 0.3 is 0 Å². The van der Waals surface area contributed by atoms with Crippen molar-refractivity contribution in [3.63, 3.8) is 0 Å². The van der Waals surface area contributed by atoms with Crippen molar-refractivity contribution in [3.05, 3.63) is 89.6 Å². The molecule has 2 aromatic carbocycles. The van der Waals surface area contributed by atoms with Gasteiger partial charge in [0.15, 0.2) is 5.69 Å². The fourth-order valence-electron chi connectivity index (χ4n) is 3.15. The van der Waals surface area contributed by atoms with Crippen LogP contribution >= 0.6 is 0 Å². The van der Waals surface area contributed by atoms with Gasteiger partial charge in [0.25, 0.3) is 5.91 Å². The zero-order valence-corrected chi connectivity index (χ0v) is 17.0. The first-order chi connectivity index (χ1) is 15.4. The van der Waals surface area contributed by atoms with E-state index < -0.39 is 11.8 Å². The first-order valence-corrected chi connectivity index (χ1v) is 9.67. The topological polar surface area (TPSA) is 119 Å². The Morgan fingerprint density at radius 3 is 2.53 bits per heavy atom. The zero-order valence-electron chi connectivity index (χ0n) is 17.0. The van der Waals surface area contributed by atoms with E-state index in [1.54, 1.807) is 36.0 Å². The van der Waals surface area contributed by atoms with Gasteiger partial charge in [-0.25, -0.2) is 9.07 Å². The van der Waals surface area contributed by atoms with Crippen molar-refractivity contribution in [2.24, 2.45) is 5.73 Å². The van der Waals surface area contributed by atoms with Crippen LogP contribution in [0.25, 0.3) is 23.0 Å². The number of aryl methyl sites for hydroxylation is 1. The second kappa shape index (κ2) is 8.68. The lowest BCUT2D eigenvalue weighted by atomic mass is 10.1. The number of nitrogens with zero attached hydrogens (tertiary/aromatic N) is 3. The SMILES string of the molecule is Cc1[nH]nc(C(N)=O)c1NC(=O)/C=C/c1cn(-c2ccccc2)nc1-c1ccc(F)cc1. The van der Waals surface area contributed by atoms with Crippen molar-refractivity contribution < 1.29 is 14.0 Å². The Hall–Kier alpha value is -4.53. The van der Waals surface area contributed by atoms with Crippen LogP contribution in [0.3, 0.4) is 0 Å².